The molecule has 1 saturated heterocycles. The Kier molecular flexibility index (Phi) is 4.84. The molecule has 3 rings (SSSR count). The zero-order valence-corrected chi connectivity index (χ0v) is 14.4. The molecule has 1 fully saturated rings. The van der Waals surface area contributed by atoms with Crippen LogP contribution in [-0.4, -0.2) is 56.4 Å². The molecule has 0 saturated carbocycles. The first-order valence-corrected chi connectivity index (χ1v) is 8.52. The van der Waals surface area contributed by atoms with E-state index in [1.54, 1.807) is 16.7 Å². The van der Waals surface area contributed by atoms with Crippen LogP contribution in [-0.2, 0) is 0 Å². The van der Waals surface area contributed by atoms with E-state index in [4.69, 9.17) is 10.8 Å². The van der Waals surface area contributed by atoms with E-state index in [1.165, 1.54) is 24.3 Å². The second-order valence-corrected chi connectivity index (χ2v) is 6.43. The number of nitrogens with zero attached hydrogens (tertiary/aromatic N) is 4. The highest BCUT2D eigenvalue weighted by Crippen LogP contribution is 2.14. The Hall–Kier alpha value is -2.68. The van der Waals surface area contributed by atoms with Gasteiger partial charge in [0, 0.05) is 18.7 Å². The molecule has 1 aliphatic heterocycles. The zero-order chi connectivity index (χ0) is 18.0. The van der Waals surface area contributed by atoms with E-state index in [-0.39, 0.29) is 24.1 Å². The summed E-state index contributed by atoms with van der Waals surface area (Å²) in [4.78, 5) is 19.9. The van der Waals surface area contributed by atoms with E-state index in [0.717, 1.165) is 11.5 Å². The van der Waals surface area contributed by atoms with Gasteiger partial charge in [0.05, 0.1) is 6.54 Å². The molecule has 2 aromatic rings. The summed E-state index contributed by atoms with van der Waals surface area (Å²) in [5.74, 6) is 0.244. The second kappa shape index (κ2) is 7.06. The van der Waals surface area contributed by atoms with E-state index < -0.39 is 5.82 Å². The van der Waals surface area contributed by atoms with Crippen LogP contribution in [0.15, 0.2) is 24.3 Å². The van der Waals surface area contributed by atoms with Crippen molar-refractivity contribution in [3.05, 3.63) is 46.5 Å². The molecule has 9 heteroatoms. The standard InChI is InChI=1S/C16H17FN6OS/c1-10-20-15(25-21-10)14(19)23-8-2-7-22(9-13(23)18)16(24)11-3-5-12(17)6-4-11/h3-6,18-19H,2,7-9H2,1H3. The lowest BCUT2D eigenvalue weighted by molar-refractivity contribution is 0.0781. The maximum atomic E-state index is 13.0. The fourth-order valence-electron chi connectivity index (χ4n) is 2.60. The van der Waals surface area contributed by atoms with Crippen LogP contribution in [0.5, 0.6) is 0 Å². The predicted octanol–water partition coefficient (Wildman–Crippen LogP) is 2.14. The van der Waals surface area contributed by atoms with Gasteiger partial charge in [-0.15, -0.1) is 0 Å². The highest BCUT2D eigenvalue weighted by atomic mass is 32.1. The van der Waals surface area contributed by atoms with Gasteiger partial charge in [0.25, 0.3) is 5.91 Å². The molecule has 1 aromatic carbocycles. The summed E-state index contributed by atoms with van der Waals surface area (Å²) in [5, 5.41) is 17.0. The number of benzene rings is 1. The van der Waals surface area contributed by atoms with Crippen LogP contribution in [0.2, 0.25) is 0 Å². The quantitative estimate of drug-likeness (QED) is 0.633. The first-order valence-electron chi connectivity index (χ1n) is 7.75. The van der Waals surface area contributed by atoms with Gasteiger partial charge in [-0.1, -0.05) is 0 Å². The van der Waals surface area contributed by atoms with Gasteiger partial charge < -0.3 is 9.80 Å². The number of carbonyl (C=O) groups is 1. The first kappa shape index (κ1) is 17.2. The van der Waals surface area contributed by atoms with Gasteiger partial charge in [-0.3, -0.25) is 15.6 Å². The molecule has 7 nitrogen and oxygen atoms in total. The monoisotopic (exact) mass is 360 g/mol. The molecule has 130 valence electrons. The second-order valence-electron chi connectivity index (χ2n) is 5.68. The molecule has 0 aliphatic carbocycles. The third-order valence-corrected chi connectivity index (χ3v) is 4.67. The van der Waals surface area contributed by atoms with Gasteiger partial charge in [-0.25, -0.2) is 9.37 Å². The Bertz CT molecular complexity index is 818. The summed E-state index contributed by atoms with van der Waals surface area (Å²) >= 11 is 1.13. The van der Waals surface area contributed by atoms with Crippen molar-refractivity contribution < 1.29 is 9.18 Å². The Labute approximate surface area is 148 Å². The number of amidine groups is 2. The van der Waals surface area contributed by atoms with Crippen LogP contribution < -0.4 is 0 Å². The Morgan fingerprint density at radius 1 is 1.28 bits per heavy atom. The number of halogens is 1. The van der Waals surface area contributed by atoms with Crippen LogP contribution >= 0.6 is 11.5 Å². The van der Waals surface area contributed by atoms with Gasteiger partial charge in [0.2, 0.25) is 0 Å². The summed E-state index contributed by atoms with van der Waals surface area (Å²) in [6, 6.07) is 5.37. The molecule has 1 amide bonds. The number of rotatable bonds is 2. The number of aromatic nitrogens is 2. The summed E-state index contributed by atoms with van der Waals surface area (Å²) in [6.07, 6.45) is 0.621. The van der Waals surface area contributed by atoms with E-state index in [0.29, 0.717) is 35.9 Å². The minimum Gasteiger partial charge on any atom is -0.331 e. The van der Waals surface area contributed by atoms with Crippen molar-refractivity contribution in [1.82, 2.24) is 19.2 Å². The van der Waals surface area contributed by atoms with Crippen molar-refractivity contribution in [3.8, 4) is 0 Å². The molecule has 0 spiro atoms. The van der Waals surface area contributed by atoms with E-state index in [9.17, 15) is 9.18 Å². The minimum absolute atomic E-state index is 0.0936. The highest BCUT2D eigenvalue weighted by molar-refractivity contribution is 7.07. The minimum atomic E-state index is -0.396. The Balaban J connectivity index is 1.73. The Morgan fingerprint density at radius 3 is 2.64 bits per heavy atom. The van der Waals surface area contributed by atoms with Gasteiger partial charge in [-0.2, -0.15) is 4.37 Å². The number of carbonyl (C=O) groups excluding carboxylic acids is 1. The number of hydrogen-bond donors (Lipinski definition) is 2. The molecule has 1 aliphatic rings. The van der Waals surface area contributed by atoms with E-state index >= 15 is 0 Å². The van der Waals surface area contributed by atoms with Crippen LogP contribution in [0.3, 0.4) is 0 Å². The van der Waals surface area contributed by atoms with Crippen molar-refractivity contribution >= 4 is 29.1 Å². The highest BCUT2D eigenvalue weighted by Gasteiger charge is 2.27. The zero-order valence-electron chi connectivity index (χ0n) is 13.6. The maximum Gasteiger partial charge on any atom is 0.254 e. The smallest absolute Gasteiger partial charge is 0.254 e. The molecule has 0 bridgehead atoms. The molecule has 1 aromatic heterocycles. The number of hydrogen-bond acceptors (Lipinski definition) is 6. The summed E-state index contributed by atoms with van der Waals surface area (Å²) in [7, 11) is 0. The average Bonchev–Trinajstić information content (AvgIpc) is 2.93. The van der Waals surface area contributed by atoms with Crippen LogP contribution in [0.1, 0.15) is 27.6 Å². The molecule has 2 N–H and O–H groups in total. The fraction of sp³-hybridized carbons (Fsp3) is 0.312. The van der Waals surface area contributed by atoms with Crippen molar-refractivity contribution in [2.75, 3.05) is 19.6 Å². The predicted molar refractivity (Wildman–Crippen MR) is 92.8 cm³/mol. The first-order chi connectivity index (χ1) is 12.0. The fourth-order valence-corrected chi connectivity index (χ4v) is 3.23. The third-order valence-electron chi connectivity index (χ3n) is 3.85. The lowest BCUT2D eigenvalue weighted by Gasteiger charge is -2.23. The van der Waals surface area contributed by atoms with Gasteiger partial charge in [0.1, 0.15) is 17.5 Å². The maximum absolute atomic E-state index is 13.0. The molecular formula is C16H17FN6OS. The van der Waals surface area contributed by atoms with E-state index in [2.05, 4.69) is 9.36 Å². The van der Waals surface area contributed by atoms with E-state index in [1.807, 2.05) is 0 Å². The third kappa shape index (κ3) is 3.71. The van der Waals surface area contributed by atoms with Crippen LogP contribution in [0.25, 0.3) is 0 Å². The normalized spacial score (nSPS) is 15.2. The number of nitrogens with one attached hydrogen (secondary N) is 2. The average molecular weight is 360 g/mol. The molecule has 0 atom stereocenters. The molecular weight excluding hydrogens is 343 g/mol. The van der Waals surface area contributed by atoms with Crippen molar-refractivity contribution in [2.45, 2.75) is 13.3 Å². The topological polar surface area (TPSA) is 97.0 Å². The van der Waals surface area contributed by atoms with Crippen molar-refractivity contribution in [3.63, 3.8) is 0 Å². The number of aryl methyl sites for hydroxylation is 1. The lowest BCUT2D eigenvalue weighted by Crippen LogP contribution is -2.41. The number of amides is 1. The van der Waals surface area contributed by atoms with Gasteiger partial charge in [-0.05, 0) is 49.1 Å². The molecule has 2 heterocycles. The van der Waals surface area contributed by atoms with Crippen LogP contribution in [0, 0.1) is 23.6 Å². The molecule has 25 heavy (non-hydrogen) atoms. The van der Waals surface area contributed by atoms with Crippen LogP contribution in [0.4, 0.5) is 4.39 Å². The summed E-state index contributed by atoms with van der Waals surface area (Å²) in [5.41, 5.74) is 0.387. The molecule has 0 unspecified atom stereocenters. The van der Waals surface area contributed by atoms with Crippen molar-refractivity contribution in [1.29, 1.82) is 10.8 Å². The Morgan fingerprint density at radius 2 is 2.00 bits per heavy atom. The lowest BCUT2D eigenvalue weighted by atomic mass is 10.2. The molecule has 0 radical (unpaired) electrons. The van der Waals surface area contributed by atoms with Gasteiger partial charge in [0.15, 0.2) is 10.8 Å². The summed E-state index contributed by atoms with van der Waals surface area (Å²) in [6.45, 7) is 2.78. The SMILES string of the molecule is Cc1nsc(C(=N)N2CCCN(C(=O)c3ccc(F)cc3)CC2=N)n1. The van der Waals surface area contributed by atoms with Gasteiger partial charge >= 0.3 is 0 Å². The van der Waals surface area contributed by atoms with Crippen molar-refractivity contribution in [2.24, 2.45) is 0 Å². The largest absolute Gasteiger partial charge is 0.331 e. The summed E-state index contributed by atoms with van der Waals surface area (Å²) < 4.78 is 17.1.